The van der Waals surface area contributed by atoms with Crippen LogP contribution in [-0.2, 0) is 27.7 Å². The Morgan fingerprint density at radius 3 is 2.14 bits per heavy atom. The molecule has 1 amide bonds. The molecule has 0 spiro atoms. The lowest BCUT2D eigenvalue weighted by Crippen LogP contribution is -2.33. The maximum absolute atomic E-state index is 11.9. The molecule has 0 atom stereocenters. The summed E-state index contributed by atoms with van der Waals surface area (Å²) < 4.78 is 25.9. The average Bonchev–Trinajstić information content (AvgIpc) is 2.42. The fourth-order valence-corrected chi connectivity index (χ4v) is 3.35. The predicted molar refractivity (Wildman–Crippen MR) is 90.1 cm³/mol. The molecule has 0 aliphatic rings. The van der Waals surface area contributed by atoms with Gasteiger partial charge >= 0.3 is 0 Å². The fraction of sp³-hybridized carbons (Fsp3) is 0.588. The Balaban J connectivity index is 2.44. The van der Waals surface area contributed by atoms with E-state index in [0.717, 1.165) is 12.0 Å². The number of benzene rings is 1. The third kappa shape index (κ3) is 7.59. The average molecular weight is 325 g/mol. The minimum absolute atomic E-state index is 0.0204. The number of carbonyl (C=O) groups is 1. The molecule has 1 aromatic carbocycles. The van der Waals surface area contributed by atoms with Crippen molar-refractivity contribution >= 4 is 15.9 Å². The Kier molecular flexibility index (Phi) is 6.60. The smallest absolute Gasteiger partial charge is 0.234 e. The van der Waals surface area contributed by atoms with Crippen LogP contribution >= 0.6 is 0 Å². The van der Waals surface area contributed by atoms with Crippen LogP contribution in [0.5, 0.6) is 0 Å². The van der Waals surface area contributed by atoms with Crippen molar-refractivity contribution in [1.29, 1.82) is 0 Å². The number of sulfonamides is 1. The summed E-state index contributed by atoms with van der Waals surface area (Å²) in [5.41, 5.74) is 2.22. The van der Waals surface area contributed by atoms with Gasteiger partial charge in [0.15, 0.2) is 0 Å². The van der Waals surface area contributed by atoms with Crippen molar-refractivity contribution in [2.45, 2.75) is 53.4 Å². The summed E-state index contributed by atoms with van der Waals surface area (Å²) in [6.45, 7) is 8.02. The van der Waals surface area contributed by atoms with Crippen molar-refractivity contribution in [3.05, 3.63) is 35.4 Å². The van der Waals surface area contributed by atoms with E-state index in [9.17, 15) is 13.2 Å². The molecule has 4 nitrogen and oxygen atoms in total. The lowest BCUT2D eigenvalue weighted by atomic mass is 9.94. The number of aryl methyl sites for hydroxylation is 2. The third-order valence-corrected chi connectivity index (χ3v) is 4.74. The summed E-state index contributed by atoms with van der Waals surface area (Å²) >= 11 is 0. The van der Waals surface area contributed by atoms with E-state index in [1.807, 2.05) is 45.0 Å². The summed E-state index contributed by atoms with van der Waals surface area (Å²) in [7, 11) is -3.53. The largest absolute Gasteiger partial charge is 0.274 e. The number of rotatable bonds is 7. The molecule has 0 bridgehead atoms. The second-order valence-corrected chi connectivity index (χ2v) is 8.67. The van der Waals surface area contributed by atoms with Crippen LogP contribution in [0.15, 0.2) is 24.3 Å². The lowest BCUT2D eigenvalue weighted by Gasteiger charge is -2.17. The van der Waals surface area contributed by atoms with Gasteiger partial charge in [-0.15, -0.1) is 0 Å². The summed E-state index contributed by atoms with van der Waals surface area (Å²) in [6, 6.07) is 8.04. The molecule has 0 radical (unpaired) electrons. The van der Waals surface area contributed by atoms with E-state index in [0.29, 0.717) is 12.8 Å². The second kappa shape index (κ2) is 7.77. The molecule has 0 saturated carbocycles. The van der Waals surface area contributed by atoms with E-state index in [-0.39, 0.29) is 17.6 Å². The van der Waals surface area contributed by atoms with Gasteiger partial charge in [0.1, 0.15) is 0 Å². The number of carbonyl (C=O) groups excluding carboxylic acids is 1. The standard InChI is InChI=1S/C17H27NO3S/c1-5-14-6-8-15(9-7-14)10-11-16(19)18-22(20,21)13-12-17(2,3)4/h6-9H,5,10-13H2,1-4H3,(H,18,19). The topological polar surface area (TPSA) is 63.2 Å². The zero-order chi connectivity index (χ0) is 16.8. The molecule has 0 saturated heterocycles. The van der Waals surface area contributed by atoms with Gasteiger partial charge in [0.05, 0.1) is 5.75 Å². The molecule has 1 rings (SSSR count). The van der Waals surface area contributed by atoms with Crippen molar-refractivity contribution in [1.82, 2.24) is 4.72 Å². The quantitative estimate of drug-likeness (QED) is 0.838. The van der Waals surface area contributed by atoms with E-state index in [1.165, 1.54) is 5.56 Å². The normalized spacial score (nSPS) is 12.2. The maximum atomic E-state index is 11.9. The number of nitrogens with one attached hydrogen (secondary N) is 1. The van der Waals surface area contributed by atoms with Crippen LogP contribution in [0.2, 0.25) is 0 Å². The fourth-order valence-electron chi connectivity index (χ4n) is 1.92. The van der Waals surface area contributed by atoms with Crippen molar-refractivity contribution in [2.24, 2.45) is 5.41 Å². The summed E-state index contributed by atoms with van der Waals surface area (Å²) in [5.74, 6) is -0.457. The highest BCUT2D eigenvalue weighted by Crippen LogP contribution is 2.18. The molecule has 0 aliphatic carbocycles. The first-order valence-electron chi connectivity index (χ1n) is 7.72. The van der Waals surface area contributed by atoms with Crippen LogP contribution in [0.4, 0.5) is 0 Å². The van der Waals surface area contributed by atoms with E-state index in [4.69, 9.17) is 0 Å². The first-order chi connectivity index (χ1) is 10.1. The van der Waals surface area contributed by atoms with E-state index >= 15 is 0 Å². The number of amides is 1. The molecule has 0 heterocycles. The molecule has 0 fully saturated rings. The van der Waals surface area contributed by atoms with Gasteiger partial charge in [-0.05, 0) is 35.8 Å². The van der Waals surface area contributed by atoms with Crippen molar-refractivity contribution in [3.8, 4) is 0 Å². The number of hydrogen-bond acceptors (Lipinski definition) is 3. The summed E-state index contributed by atoms with van der Waals surface area (Å²) in [6.07, 6.45) is 2.23. The van der Waals surface area contributed by atoms with Gasteiger partial charge in [-0.2, -0.15) is 0 Å². The Bertz CT molecular complexity index is 583. The van der Waals surface area contributed by atoms with E-state index in [1.54, 1.807) is 0 Å². The first kappa shape index (κ1) is 18.7. The molecule has 0 aromatic heterocycles. The van der Waals surface area contributed by atoms with E-state index in [2.05, 4.69) is 11.6 Å². The van der Waals surface area contributed by atoms with Crippen LogP contribution in [-0.4, -0.2) is 20.1 Å². The summed E-state index contributed by atoms with van der Waals surface area (Å²) in [5, 5.41) is 0. The third-order valence-electron chi connectivity index (χ3n) is 3.46. The molecule has 124 valence electrons. The van der Waals surface area contributed by atoms with Crippen LogP contribution < -0.4 is 4.72 Å². The van der Waals surface area contributed by atoms with Gasteiger partial charge in [-0.1, -0.05) is 52.0 Å². The molecular formula is C17H27NO3S. The van der Waals surface area contributed by atoms with Crippen molar-refractivity contribution in [2.75, 3.05) is 5.75 Å². The molecule has 22 heavy (non-hydrogen) atoms. The highest BCUT2D eigenvalue weighted by Gasteiger charge is 2.19. The van der Waals surface area contributed by atoms with Crippen LogP contribution in [0.25, 0.3) is 0 Å². The molecule has 1 N–H and O–H groups in total. The lowest BCUT2D eigenvalue weighted by molar-refractivity contribution is -0.119. The maximum Gasteiger partial charge on any atom is 0.234 e. The van der Waals surface area contributed by atoms with Crippen LogP contribution in [0, 0.1) is 5.41 Å². The molecule has 0 aliphatic heterocycles. The molecule has 5 heteroatoms. The first-order valence-corrected chi connectivity index (χ1v) is 9.38. The Morgan fingerprint density at radius 2 is 1.64 bits per heavy atom. The van der Waals surface area contributed by atoms with Gasteiger partial charge in [0.25, 0.3) is 0 Å². The van der Waals surface area contributed by atoms with E-state index < -0.39 is 15.9 Å². The monoisotopic (exact) mass is 325 g/mol. The Labute approximate surface area is 134 Å². The predicted octanol–water partition coefficient (Wildman–Crippen LogP) is 3.06. The van der Waals surface area contributed by atoms with Crippen molar-refractivity contribution < 1.29 is 13.2 Å². The van der Waals surface area contributed by atoms with Gasteiger partial charge < -0.3 is 0 Å². The SMILES string of the molecule is CCc1ccc(CCC(=O)NS(=O)(=O)CCC(C)(C)C)cc1. The minimum Gasteiger partial charge on any atom is -0.274 e. The highest BCUT2D eigenvalue weighted by molar-refractivity contribution is 7.90. The summed E-state index contributed by atoms with van der Waals surface area (Å²) in [4.78, 5) is 11.8. The van der Waals surface area contributed by atoms with Crippen molar-refractivity contribution in [3.63, 3.8) is 0 Å². The van der Waals surface area contributed by atoms with Gasteiger partial charge in [-0.25, -0.2) is 8.42 Å². The molecular weight excluding hydrogens is 298 g/mol. The minimum atomic E-state index is -3.53. The van der Waals surface area contributed by atoms with Crippen LogP contribution in [0.1, 0.15) is 51.7 Å². The molecule has 1 aromatic rings. The Morgan fingerprint density at radius 1 is 1.09 bits per heavy atom. The zero-order valence-corrected chi connectivity index (χ0v) is 14.8. The second-order valence-electron chi connectivity index (χ2n) is 6.82. The van der Waals surface area contributed by atoms with Crippen LogP contribution in [0.3, 0.4) is 0 Å². The van der Waals surface area contributed by atoms with Gasteiger partial charge in [-0.3, -0.25) is 9.52 Å². The van der Waals surface area contributed by atoms with Gasteiger partial charge in [0.2, 0.25) is 15.9 Å². The molecule has 0 unspecified atom stereocenters. The Hall–Kier alpha value is -1.36. The van der Waals surface area contributed by atoms with Gasteiger partial charge in [0, 0.05) is 6.42 Å². The number of hydrogen-bond donors (Lipinski definition) is 1. The highest BCUT2D eigenvalue weighted by atomic mass is 32.2. The zero-order valence-electron chi connectivity index (χ0n) is 14.0.